The van der Waals surface area contributed by atoms with Crippen LogP contribution in [0.25, 0.3) is 0 Å². The Hall–Kier alpha value is -1.49. The number of carbonyl (C=O) groups is 1. The first-order chi connectivity index (χ1) is 11.1. The number of nitrogens with one attached hydrogen (secondary N) is 1. The van der Waals surface area contributed by atoms with Gasteiger partial charge >= 0.3 is 0 Å². The fourth-order valence-electron chi connectivity index (χ4n) is 3.15. The predicted molar refractivity (Wildman–Crippen MR) is 96.2 cm³/mol. The van der Waals surface area contributed by atoms with Gasteiger partial charge in [0.05, 0.1) is 6.42 Å². The van der Waals surface area contributed by atoms with Crippen LogP contribution >= 0.6 is 11.8 Å². The highest BCUT2D eigenvalue weighted by Gasteiger charge is 2.31. The summed E-state index contributed by atoms with van der Waals surface area (Å²) >= 11 is 1.71. The van der Waals surface area contributed by atoms with Gasteiger partial charge < -0.3 is 5.32 Å². The molecule has 0 spiro atoms. The Morgan fingerprint density at radius 1 is 1.26 bits per heavy atom. The van der Waals surface area contributed by atoms with Crippen LogP contribution in [0.15, 0.2) is 29.4 Å². The molecule has 1 aromatic carbocycles. The van der Waals surface area contributed by atoms with Gasteiger partial charge in [-0.2, -0.15) is 5.10 Å². The summed E-state index contributed by atoms with van der Waals surface area (Å²) in [5.74, 6) is 0.647. The molecule has 1 aromatic rings. The van der Waals surface area contributed by atoms with E-state index in [2.05, 4.69) is 17.3 Å². The first kappa shape index (κ1) is 16.4. The van der Waals surface area contributed by atoms with E-state index in [1.165, 1.54) is 42.7 Å². The summed E-state index contributed by atoms with van der Waals surface area (Å²) in [4.78, 5) is 12.3. The van der Waals surface area contributed by atoms with E-state index in [-0.39, 0.29) is 11.4 Å². The lowest BCUT2D eigenvalue weighted by Gasteiger charge is -2.21. The third-order valence-corrected chi connectivity index (χ3v) is 5.85. The van der Waals surface area contributed by atoms with Crippen LogP contribution in [-0.2, 0) is 11.2 Å². The highest BCUT2D eigenvalue weighted by atomic mass is 32.2. The lowest BCUT2D eigenvalue weighted by Crippen LogP contribution is -2.40. The third kappa shape index (κ3) is 4.28. The second-order valence-corrected chi connectivity index (χ2v) is 7.65. The molecule has 2 aliphatic rings. The molecule has 1 atom stereocenters. The predicted octanol–water partition coefficient (Wildman–Crippen LogP) is 3.51. The molecule has 1 aliphatic carbocycles. The van der Waals surface area contributed by atoms with Crippen LogP contribution < -0.4 is 5.32 Å². The molecule has 5 heteroatoms. The third-order valence-electron chi connectivity index (χ3n) is 4.55. The number of hydrogen-bond acceptors (Lipinski definition) is 4. The summed E-state index contributed by atoms with van der Waals surface area (Å²) in [7, 11) is 1.94. The minimum Gasteiger partial charge on any atom is -0.325 e. The standard InChI is InChI=1S/C18H25N3OS/c1-13-8-10-14(11-9-13)12-16(22)19-18-21(2)20-17(23-18)15-6-4-3-5-7-15/h8-11,15,18H,3-7,12H2,1-2H3,(H,19,22). The normalized spacial score (nSPS) is 22.1. The number of hydrazone groups is 1. The average Bonchev–Trinajstić information content (AvgIpc) is 2.91. The van der Waals surface area contributed by atoms with Crippen molar-refractivity contribution in [1.82, 2.24) is 10.3 Å². The second kappa shape index (κ2) is 7.39. The van der Waals surface area contributed by atoms with Gasteiger partial charge in [0, 0.05) is 13.0 Å². The zero-order valence-corrected chi connectivity index (χ0v) is 14.7. The Bertz CT molecular complexity index is 578. The molecule has 1 saturated carbocycles. The summed E-state index contributed by atoms with van der Waals surface area (Å²) < 4.78 is 0. The minimum absolute atomic E-state index is 0.0540. The van der Waals surface area contributed by atoms with Crippen molar-refractivity contribution in [3.8, 4) is 0 Å². The number of carbonyl (C=O) groups excluding carboxylic acids is 1. The zero-order valence-electron chi connectivity index (χ0n) is 13.9. The molecular weight excluding hydrogens is 306 g/mol. The highest BCUT2D eigenvalue weighted by molar-refractivity contribution is 8.14. The summed E-state index contributed by atoms with van der Waals surface area (Å²) in [6, 6.07) is 8.13. The van der Waals surface area contributed by atoms with Gasteiger partial charge in [0.15, 0.2) is 5.50 Å². The largest absolute Gasteiger partial charge is 0.325 e. The monoisotopic (exact) mass is 331 g/mol. The van der Waals surface area contributed by atoms with Crippen LogP contribution in [0, 0.1) is 12.8 Å². The Labute approximate surface area is 142 Å². The molecule has 4 nitrogen and oxygen atoms in total. The number of benzene rings is 1. The first-order valence-electron chi connectivity index (χ1n) is 8.45. The van der Waals surface area contributed by atoms with Gasteiger partial charge in [-0.1, -0.05) is 60.9 Å². The molecule has 23 heavy (non-hydrogen) atoms. The highest BCUT2D eigenvalue weighted by Crippen LogP contribution is 2.34. The Kier molecular flexibility index (Phi) is 5.26. The lowest BCUT2D eigenvalue weighted by molar-refractivity contribution is -0.121. The fraction of sp³-hybridized carbons (Fsp3) is 0.556. The molecule has 1 heterocycles. The van der Waals surface area contributed by atoms with E-state index in [1.54, 1.807) is 11.8 Å². The van der Waals surface area contributed by atoms with Gasteiger partial charge in [0.2, 0.25) is 5.91 Å². The molecule has 0 bridgehead atoms. The zero-order chi connectivity index (χ0) is 16.2. The number of rotatable bonds is 4. The van der Waals surface area contributed by atoms with Crippen molar-refractivity contribution in [1.29, 1.82) is 0 Å². The van der Waals surface area contributed by atoms with Crippen LogP contribution in [0.5, 0.6) is 0 Å². The molecule has 0 radical (unpaired) electrons. The molecule has 124 valence electrons. The van der Waals surface area contributed by atoms with E-state index in [0.29, 0.717) is 12.3 Å². The summed E-state index contributed by atoms with van der Waals surface area (Å²) in [5, 5.41) is 10.9. The van der Waals surface area contributed by atoms with E-state index < -0.39 is 0 Å². The van der Waals surface area contributed by atoms with E-state index in [4.69, 9.17) is 0 Å². The molecule has 0 saturated heterocycles. The van der Waals surface area contributed by atoms with Crippen molar-refractivity contribution in [2.45, 2.75) is 50.9 Å². The molecule has 1 amide bonds. The molecule has 1 N–H and O–H groups in total. The summed E-state index contributed by atoms with van der Waals surface area (Å²) in [5.41, 5.74) is 2.20. The van der Waals surface area contributed by atoms with E-state index in [1.807, 2.05) is 36.3 Å². The number of nitrogens with zero attached hydrogens (tertiary/aromatic N) is 2. The van der Waals surface area contributed by atoms with Gasteiger partial charge in [0.25, 0.3) is 0 Å². The Morgan fingerprint density at radius 3 is 2.65 bits per heavy atom. The van der Waals surface area contributed by atoms with Crippen LogP contribution in [0.3, 0.4) is 0 Å². The van der Waals surface area contributed by atoms with Crippen molar-refractivity contribution in [2.24, 2.45) is 11.0 Å². The number of aryl methyl sites for hydroxylation is 1. The second-order valence-electron chi connectivity index (χ2n) is 6.55. The smallest absolute Gasteiger partial charge is 0.226 e. The van der Waals surface area contributed by atoms with E-state index >= 15 is 0 Å². The fourth-order valence-corrected chi connectivity index (χ4v) is 4.38. The quantitative estimate of drug-likeness (QED) is 0.918. The maximum atomic E-state index is 12.3. The van der Waals surface area contributed by atoms with Crippen molar-refractivity contribution in [3.05, 3.63) is 35.4 Å². The van der Waals surface area contributed by atoms with Crippen molar-refractivity contribution >= 4 is 22.7 Å². The average molecular weight is 331 g/mol. The molecular formula is C18H25N3OS. The maximum Gasteiger partial charge on any atom is 0.226 e. The van der Waals surface area contributed by atoms with Gasteiger partial charge in [-0.05, 0) is 25.3 Å². The lowest BCUT2D eigenvalue weighted by atomic mass is 9.90. The minimum atomic E-state index is -0.0649. The van der Waals surface area contributed by atoms with Crippen LogP contribution in [0.2, 0.25) is 0 Å². The molecule has 1 aliphatic heterocycles. The SMILES string of the molecule is Cc1ccc(CC(=O)NC2SC(C3CCCCC3)=NN2C)cc1. The Morgan fingerprint density at radius 2 is 1.96 bits per heavy atom. The maximum absolute atomic E-state index is 12.3. The molecule has 0 aromatic heterocycles. The molecule has 3 rings (SSSR count). The van der Waals surface area contributed by atoms with Gasteiger partial charge in [-0.3, -0.25) is 9.80 Å². The summed E-state index contributed by atoms with van der Waals surface area (Å²) in [6.07, 6.45) is 6.86. The van der Waals surface area contributed by atoms with Crippen LogP contribution in [-0.4, -0.2) is 28.5 Å². The van der Waals surface area contributed by atoms with Gasteiger partial charge in [-0.25, -0.2) is 0 Å². The number of amides is 1. The van der Waals surface area contributed by atoms with Gasteiger partial charge in [0.1, 0.15) is 5.04 Å². The van der Waals surface area contributed by atoms with Crippen LogP contribution in [0.1, 0.15) is 43.2 Å². The van der Waals surface area contributed by atoms with E-state index in [0.717, 1.165) is 5.56 Å². The molecule has 1 unspecified atom stereocenters. The first-order valence-corrected chi connectivity index (χ1v) is 9.32. The number of hydrogen-bond donors (Lipinski definition) is 1. The van der Waals surface area contributed by atoms with Gasteiger partial charge in [-0.15, -0.1) is 0 Å². The molecule has 1 fully saturated rings. The summed E-state index contributed by atoms with van der Waals surface area (Å²) in [6.45, 7) is 2.05. The Balaban J connectivity index is 1.52. The van der Waals surface area contributed by atoms with Crippen LogP contribution in [0.4, 0.5) is 0 Å². The van der Waals surface area contributed by atoms with Crippen molar-refractivity contribution < 1.29 is 4.79 Å². The van der Waals surface area contributed by atoms with Crippen molar-refractivity contribution in [3.63, 3.8) is 0 Å². The van der Waals surface area contributed by atoms with Crippen molar-refractivity contribution in [2.75, 3.05) is 7.05 Å². The number of thioether (sulfide) groups is 1. The topological polar surface area (TPSA) is 44.7 Å². The van der Waals surface area contributed by atoms with E-state index in [9.17, 15) is 4.79 Å².